The maximum Gasteiger partial charge on any atom is 0.235 e. The summed E-state index contributed by atoms with van der Waals surface area (Å²) >= 11 is 0. The highest BCUT2D eigenvalue weighted by molar-refractivity contribution is 6.32. The van der Waals surface area contributed by atoms with Crippen LogP contribution in [0.15, 0.2) is 6.07 Å². The monoisotopic (exact) mass is 596 g/mol. The first kappa shape index (κ1) is 31.3. The van der Waals surface area contributed by atoms with Gasteiger partial charge < -0.3 is 26.2 Å². The van der Waals surface area contributed by atoms with Crippen LogP contribution in [0.5, 0.6) is 5.75 Å². The lowest BCUT2D eigenvalue weighted by Crippen LogP contribution is -2.74. The van der Waals surface area contributed by atoms with E-state index in [1.807, 2.05) is 19.0 Å². The standard InChI is InChI=1S/C32H44N4O7/c1-35(2)25-18(15-34-11-10-16-8-6-5-7-9-16)14-21(37)23-19(25)12-17-13-20-26(36(3)4)28(39)24(31(33)42)30(41)32(20,43)29(40)22(17)27(23)38/h14,16-17,20,22,24,26,34,37,43H,5-13,15H2,1-4H3,(H2,33,42)/t17-,20-,22?,24?,26-,32-/m0/s1. The van der Waals surface area contributed by atoms with Crippen LogP contribution in [0.4, 0.5) is 5.69 Å². The van der Waals surface area contributed by atoms with E-state index in [0.29, 0.717) is 12.1 Å². The molecule has 2 unspecified atom stereocenters. The molecule has 11 heteroatoms. The van der Waals surface area contributed by atoms with E-state index >= 15 is 0 Å². The fourth-order valence-corrected chi connectivity index (χ4v) is 8.43. The van der Waals surface area contributed by atoms with Gasteiger partial charge in [0.05, 0.1) is 17.5 Å². The molecule has 11 nitrogen and oxygen atoms in total. The number of Topliss-reactive ketones (excluding diaryl/α,β-unsaturated/α-hetero) is 4. The molecule has 3 fully saturated rings. The fourth-order valence-electron chi connectivity index (χ4n) is 8.43. The van der Waals surface area contributed by atoms with Crippen molar-refractivity contribution in [2.75, 3.05) is 39.6 Å². The van der Waals surface area contributed by atoms with Crippen LogP contribution in [0.1, 0.15) is 66.4 Å². The summed E-state index contributed by atoms with van der Waals surface area (Å²) < 4.78 is 0. The molecule has 3 saturated carbocycles. The third-order valence-corrected chi connectivity index (χ3v) is 10.3. The van der Waals surface area contributed by atoms with E-state index in [9.17, 15) is 34.2 Å². The highest BCUT2D eigenvalue weighted by Gasteiger charge is 2.69. The Hall–Kier alpha value is -3.15. The number of hydrogen-bond acceptors (Lipinski definition) is 10. The van der Waals surface area contributed by atoms with Crippen LogP contribution in [-0.4, -0.2) is 90.5 Å². The van der Waals surface area contributed by atoms with Crippen LogP contribution in [0.3, 0.4) is 0 Å². The van der Waals surface area contributed by atoms with Gasteiger partial charge in [-0.3, -0.25) is 28.9 Å². The lowest BCUT2D eigenvalue weighted by atomic mass is 9.52. The summed E-state index contributed by atoms with van der Waals surface area (Å²) in [4.78, 5) is 70.3. The quantitative estimate of drug-likeness (QED) is 0.251. The average Bonchev–Trinajstić information content (AvgIpc) is 2.93. The van der Waals surface area contributed by atoms with Gasteiger partial charge in [0.15, 0.2) is 34.7 Å². The first-order valence-electron chi connectivity index (χ1n) is 15.4. The molecule has 0 saturated heterocycles. The number of hydrogen-bond donors (Lipinski definition) is 4. The molecule has 0 heterocycles. The van der Waals surface area contributed by atoms with Crippen molar-refractivity contribution >= 4 is 34.7 Å². The molecule has 0 aromatic heterocycles. The van der Waals surface area contributed by atoms with Gasteiger partial charge in [0.25, 0.3) is 0 Å². The van der Waals surface area contributed by atoms with Gasteiger partial charge in [-0.05, 0) is 68.9 Å². The van der Waals surface area contributed by atoms with E-state index in [-0.39, 0.29) is 24.2 Å². The number of aromatic hydroxyl groups is 1. The Morgan fingerprint density at radius 2 is 1.74 bits per heavy atom. The van der Waals surface area contributed by atoms with Crippen molar-refractivity contribution < 1.29 is 34.2 Å². The van der Waals surface area contributed by atoms with E-state index in [0.717, 1.165) is 30.1 Å². The zero-order valence-electron chi connectivity index (χ0n) is 25.5. The molecule has 0 aliphatic heterocycles. The van der Waals surface area contributed by atoms with Crippen LogP contribution in [-0.2, 0) is 32.1 Å². The third kappa shape index (κ3) is 5.09. The molecule has 1 aromatic carbocycles. The second-order valence-electron chi connectivity index (χ2n) is 13.4. The molecule has 234 valence electrons. The molecule has 5 rings (SSSR count). The minimum Gasteiger partial charge on any atom is -0.507 e. The van der Waals surface area contributed by atoms with Crippen molar-refractivity contribution in [1.82, 2.24) is 10.2 Å². The van der Waals surface area contributed by atoms with Gasteiger partial charge >= 0.3 is 0 Å². The lowest BCUT2D eigenvalue weighted by molar-refractivity contribution is -0.181. The molecular formula is C32H44N4O7. The number of carbonyl (C=O) groups is 5. The predicted octanol–water partition coefficient (Wildman–Crippen LogP) is 0.993. The van der Waals surface area contributed by atoms with Gasteiger partial charge in [0.1, 0.15) is 5.75 Å². The molecule has 1 amide bonds. The van der Waals surface area contributed by atoms with E-state index in [4.69, 9.17) is 5.73 Å². The highest BCUT2D eigenvalue weighted by atomic mass is 16.3. The molecule has 4 aliphatic carbocycles. The molecule has 4 aliphatic rings. The average molecular weight is 597 g/mol. The highest BCUT2D eigenvalue weighted by Crippen LogP contribution is 2.52. The Labute approximate surface area is 252 Å². The van der Waals surface area contributed by atoms with Crippen molar-refractivity contribution in [1.29, 1.82) is 0 Å². The SMILES string of the molecule is CN(C)c1c(CNCCC2CCCCC2)cc(O)c2c1C[C@H]1C[C@H]3[C@H](N(C)C)C(=O)C(C(N)=O)C(=O)[C@@]3(O)C(=O)C1C2=O. The van der Waals surface area contributed by atoms with Crippen LogP contribution in [0, 0.1) is 29.6 Å². The van der Waals surface area contributed by atoms with E-state index in [1.165, 1.54) is 37.0 Å². The number of fused-ring (bicyclic) bond motifs is 3. The number of rotatable bonds is 8. The number of nitrogens with two attached hydrogens (primary N) is 1. The normalized spacial score (nSPS) is 31.1. The molecular weight excluding hydrogens is 552 g/mol. The molecule has 0 radical (unpaired) electrons. The number of nitrogens with zero attached hydrogens (tertiary/aromatic N) is 2. The van der Waals surface area contributed by atoms with Gasteiger partial charge in [-0.25, -0.2) is 0 Å². The second-order valence-corrected chi connectivity index (χ2v) is 13.4. The first-order chi connectivity index (χ1) is 20.3. The number of phenolic OH excluding ortho intramolecular Hbond substituents is 1. The summed E-state index contributed by atoms with van der Waals surface area (Å²) in [5, 5.41) is 26.4. The zero-order chi connectivity index (χ0) is 31.4. The van der Waals surface area contributed by atoms with Crippen LogP contribution in [0.2, 0.25) is 0 Å². The van der Waals surface area contributed by atoms with E-state index < -0.39 is 64.4 Å². The van der Waals surface area contributed by atoms with Gasteiger partial charge in [0.2, 0.25) is 5.91 Å². The van der Waals surface area contributed by atoms with E-state index in [2.05, 4.69) is 5.32 Å². The van der Waals surface area contributed by atoms with Crippen LogP contribution >= 0.6 is 0 Å². The van der Waals surface area contributed by atoms with Gasteiger partial charge in [-0.1, -0.05) is 32.1 Å². The van der Waals surface area contributed by atoms with Gasteiger partial charge in [0, 0.05) is 32.2 Å². The van der Waals surface area contributed by atoms with Crippen molar-refractivity contribution in [2.45, 2.75) is 69.6 Å². The minimum atomic E-state index is -2.72. The largest absolute Gasteiger partial charge is 0.507 e. The molecule has 0 bridgehead atoms. The van der Waals surface area contributed by atoms with Crippen molar-refractivity contribution in [3.05, 3.63) is 22.8 Å². The van der Waals surface area contributed by atoms with E-state index in [1.54, 1.807) is 20.2 Å². The topological polar surface area (TPSA) is 170 Å². The van der Waals surface area contributed by atoms with Gasteiger partial charge in [-0.2, -0.15) is 0 Å². The molecule has 6 atom stereocenters. The molecule has 43 heavy (non-hydrogen) atoms. The number of anilines is 1. The summed E-state index contributed by atoms with van der Waals surface area (Å²) in [5.74, 6) is -9.61. The number of amides is 1. The number of phenols is 1. The van der Waals surface area contributed by atoms with Crippen molar-refractivity contribution in [3.63, 3.8) is 0 Å². The summed E-state index contributed by atoms with van der Waals surface area (Å²) in [6, 6.07) is 0.434. The summed E-state index contributed by atoms with van der Waals surface area (Å²) in [7, 11) is 6.88. The number of likely N-dealkylation sites (N-methyl/N-ethyl adjacent to an activating group) is 1. The number of nitrogens with one attached hydrogen (secondary N) is 1. The first-order valence-corrected chi connectivity index (χ1v) is 15.4. The summed E-state index contributed by atoms with van der Waals surface area (Å²) in [6.45, 7) is 1.33. The third-order valence-electron chi connectivity index (χ3n) is 10.3. The van der Waals surface area contributed by atoms with Crippen molar-refractivity contribution in [3.8, 4) is 5.75 Å². The number of ketones is 4. The zero-order valence-corrected chi connectivity index (χ0v) is 25.5. The number of aliphatic hydroxyl groups is 1. The number of carbonyl (C=O) groups excluding carboxylic acids is 5. The molecule has 1 aromatic rings. The molecule has 0 spiro atoms. The maximum atomic E-state index is 14.0. The second kappa shape index (κ2) is 11.7. The number of primary amides is 1. The lowest BCUT2D eigenvalue weighted by Gasteiger charge is -2.52. The van der Waals surface area contributed by atoms with Crippen LogP contribution < -0.4 is 16.0 Å². The summed E-state index contributed by atoms with van der Waals surface area (Å²) in [6.07, 6.45) is 7.77. The minimum absolute atomic E-state index is 0.0150. The Kier molecular flexibility index (Phi) is 8.54. The van der Waals surface area contributed by atoms with Crippen molar-refractivity contribution in [2.24, 2.45) is 35.3 Å². The number of benzene rings is 1. The molecule has 5 N–H and O–H groups in total. The van der Waals surface area contributed by atoms with Crippen LogP contribution in [0.25, 0.3) is 0 Å². The predicted molar refractivity (Wildman–Crippen MR) is 159 cm³/mol. The Bertz CT molecular complexity index is 1350. The Morgan fingerprint density at radius 3 is 2.35 bits per heavy atom. The Morgan fingerprint density at radius 1 is 1.07 bits per heavy atom. The Balaban J connectivity index is 1.49. The van der Waals surface area contributed by atoms with Gasteiger partial charge in [-0.15, -0.1) is 0 Å². The summed E-state index contributed by atoms with van der Waals surface area (Å²) in [5.41, 5.74) is 4.91. The smallest absolute Gasteiger partial charge is 0.235 e. The maximum absolute atomic E-state index is 14.0. The fraction of sp³-hybridized carbons (Fsp3) is 0.656.